The van der Waals surface area contributed by atoms with Crippen molar-refractivity contribution in [2.75, 3.05) is 14.2 Å². The smallest absolute Gasteiger partial charge is 0.387 e. The topological polar surface area (TPSA) is 86.3 Å². The van der Waals surface area contributed by atoms with Crippen LogP contribution in [0, 0.1) is 0 Å². The van der Waals surface area contributed by atoms with E-state index in [1.54, 1.807) is 6.07 Å². The highest BCUT2D eigenvalue weighted by Gasteiger charge is 2.19. The number of nitrogens with one attached hydrogen (secondary N) is 1. The monoisotopic (exact) mass is 417 g/mol. The molecule has 2 heterocycles. The van der Waals surface area contributed by atoms with Gasteiger partial charge in [-0.1, -0.05) is 11.6 Å². The summed E-state index contributed by atoms with van der Waals surface area (Å²) < 4.78 is 52.4. The molecule has 1 unspecified atom stereocenters. The zero-order chi connectivity index (χ0) is 19.6. The minimum atomic E-state index is -3.01. The number of ether oxygens (including phenoxy) is 3. The van der Waals surface area contributed by atoms with E-state index in [2.05, 4.69) is 19.7 Å². The lowest BCUT2D eigenvalue weighted by Crippen LogP contribution is -2.04. The molecule has 0 amide bonds. The van der Waals surface area contributed by atoms with Gasteiger partial charge in [-0.15, -0.1) is 0 Å². The quantitative estimate of drug-likeness (QED) is 0.632. The van der Waals surface area contributed by atoms with Gasteiger partial charge in [0.15, 0.2) is 16.7 Å². The molecule has 0 aliphatic carbocycles. The van der Waals surface area contributed by atoms with Gasteiger partial charge < -0.3 is 19.2 Å². The molecule has 27 heavy (non-hydrogen) atoms. The number of methoxy groups -OCH3 is 2. The second-order valence-corrected chi connectivity index (χ2v) is 6.92. The molecule has 0 saturated heterocycles. The second kappa shape index (κ2) is 8.05. The van der Waals surface area contributed by atoms with Crippen LogP contribution in [0.15, 0.2) is 29.6 Å². The Morgan fingerprint density at radius 1 is 1.22 bits per heavy atom. The fourth-order valence-corrected chi connectivity index (χ4v) is 3.70. The number of imidazole rings is 1. The lowest BCUT2D eigenvalue weighted by Gasteiger charge is -2.10. The molecule has 11 heteroatoms. The summed E-state index contributed by atoms with van der Waals surface area (Å²) in [5, 5.41) is 0.0251. The summed E-state index contributed by atoms with van der Waals surface area (Å²) in [6, 6.07) is 4.38. The number of rotatable bonds is 7. The maximum absolute atomic E-state index is 12.7. The summed E-state index contributed by atoms with van der Waals surface area (Å²) in [4.78, 5) is 11.2. The van der Waals surface area contributed by atoms with E-state index in [-0.39, 0.29) is 27.2 Å². The van der Waals surface area contributed by atoms with E-state index in [0.29, 0.717) is 22.7 Å². The standard InChI is InChI=1S/C16H14ClF2N3O4S/c1-24-11-5-6-20-9(14(11)25-2)7-27(23)16-21-8-3-4-10(26-15(18)19)12(17)13(8)22-16/h3-6,15H,7H2,1-2H3,(H,21,22). The summed E-state index contributed by atoms with van der Waals surface area (Å²) in [6.45, 7) is -3.01. The van der Waals surface area contributed by atoms with Crippen molar-refractivity contribution in [3.8, 4) is 17.2 Å². The predicted molar refractivity (Wildman–Crippen MR) is 95.2 cm³/mol. The van der Waals surface area contributed by atoms with Gasteiger partial charge in [0.25, 0.3) is 0 Å². The SMILES string of the molecule is COc1ccnc(CS(=O)c2nc3c(Cl)c(OC(F)F)ccc3[nH]2)c1OC. The number of aromatic amines is 1. The van der Waals surface area contributed by atoms with E-state index < -0.39 is 17.4 Å². The Bertz CT molecular complexity index is 999. The average molecular weight is 418 g/mol. The van der Waals surface area contributed by atoms with Crippen molar-refractivity contribution >= 4 is 33.4 Å². The molecule has 0 fully saturated rings. The van der Waals surface area contributed by atoms with Crippen molar-refractivity contribution in [1.29, 1.82) is 0 Å². The highest BCUT2D eigenvalue weighted by atomic mass is 35.5. The number of hydrogen-bond acceptors (Lipinski definition) is 6. The molecule has 0 bridgehead atoms. The minimum absolute atomic E-state index is 0.00178. The lowest BCUT2D eigenvalue weighted by molar-refractivity contribution is -0.0497. The van der Waals surface area contributed by atoms with Crippen molar-refractivity contribution in [1.82, 2.24) is 15.0 Å². The normalized spacial score (nSPS) is 12.4. The zero-order valence-electron chi connectivity index (χ0n) is 14.2. The van der Waals surface area contributed by atoms with Crippen LogP contribution in [-0.2, 0) is 16.6 Å². The number of benzene rings is 1. The molecule has 1 aromatic carbocycles. The largest absolute Gasteiger partial charge is 0.493 e. The lowest BCUT2D eigenvalue weighted by atomic mass is 10.3. The summed E-state index contributed by atoms with van der Waals surface area (Å²) in [6.07, 6.45) is 1.51. The van der Waals surface area contributed by atoms with Crippen LogP contribution in [0.5, 0.6) is 17.2 Å². The van der Waals surface area contributed by atoms with E-state index in [0.717, 1.165) is 0 Å². The first kappa shape index (κ1) is 19.3. The molecule has 1 N–H and O–H groups in total. The number of nitrogens with zero attached hydrogens (tertiary/aromatic N) is 2. The van der Waals surface area contributed by atoms with E-state index >= 15 is 0 Å². The zero-order valence-corrected chi connectivity index (χ0v) is 15.7. The molecule has 3 aromatic rings. The Morgan fingerprint density at radius 2 is 2.00 bits per heavy atom. The summed E-state index contributed by atoms with van der Waals surface area (Å²) in [5.74, 6) is 0.619. The number of halogens is 3. The number of aromatic nitrogens is 3. The van der Waals surface area contributed by atoms with E-state index in [1.165, 1.54) is 32.5 Å². The fourth-order valence-electron chi connectivity index (χ4n) is 2.44. The highest BCUT2D eigenvalue weighted by molar-refractivity contribution is 7.84. The van der Waals surface area contributed by atoms with Crippen LogP contribution in [0.1, 0.15) is 5.69 Å². The van der Waals surface area contributed by atoms with Gasteiger partial charge in [-0.25, -0.2) is 4.98 Å². The third-order valence-corrected chi connectivity index (χ3v) is 5.13. The van der Waals surface area contributed by atoms with Gasteiger partial charge in [-0.2, -0.15) is 8.78 Å². The Hall–Kier alpha value is -2.46. The Morgan fingerprint density at radius 3 is 2.67 bits per heavy atom. The van der Waals surface area contributed by atoms with Gasteiger partial charge >= 0.3 is 6.61 Å². The first-order chi connectivity index (χ1) is 12.9. The molecule has 7 nitrogen and oxygen atoms in total. The van der Waals surface area contributed by atoms with E-state index in [1.807, 2.05) is 0 Å². The predicted octanol–water partition coefficient (Wildman–Crippen LogP) is 3.54. The fraction of sp³-hybridized carbons (Fsp3) is 0.250. The summed E-state index contributed by atoms with van der Waals surface area (Å²) >= 11 is 6.06. The van der Waals surface area contributed by atoms with Crippen LogP contribution in [0.4, 0.5) is 8.78 Å². The van der Waals surface area contributed by atoms with Crippen LogP contribution >= 0.6 is 11.6 Å². The van der Waals surface area contributed by atoms with Gasteiger partial charge in [0.05, 0.1) is 42.0 Å². The van der Waals surface area contributed by atoms with Gasteiger partial charge in [0.2, 0.25) is 0 Å². The third-order valence-electron chi connectivity index (χ3n) is 3.60. The Kier molecular flexibility index (Phi) is 5.76. The number of hydrogen-bond donors (Lipinski definition) is 1. The van der Waals surface area contributed by atoms with Crippen LogP contribution in [-0.4, -0.2) is 40.0 Å². The Balaban J connectivity index is 1.92. The third kappa shape index (κ3) is 3.96. The molecule has 0 aliphatic heterocycles. The van der Waals surface area contributed by atoms with Gasteiger partial charge in [-0.05, 0) is 12.1 Å². The average Bonchev–Trinajstić information content (AvgIpc) is 3.08. The molecule has 0 saturated carbocycles. The van der Waals surface area contributed by atoms with Crippen LogP contribution in [0.2, 0.25) is 5.02 Å². The minimum Gasteiger partial charge on any atom is -0.493 e. The van der Waals surface area contributed by atoms with Crippen molar-refractivity contribution in [2.45, 2.75) is 17.5 Å². The first-order valence-corrected chi connectivity index (χ1v) is 9.21. The number of pyridine rings is 1. The number of H-pyrrole nitrogens is 1. The van der Waals surface area contributed by atoms with Gasteiger partial charge in [-0.3, -0.25) is 9.19 Å². The second-order valence-electron chi connectivity index (χ2n) is 5.18. The summed E-state index contributed by atoms with van der Waals surface area (Å²) in [7, 11) is 1.31. The molecule has 0 aliphatic rings. The van der Waals surface area contributed by atoms with Crippen LogP contribution < -0.4 is 14.2 Å². The van der Waals surface area contributed by atoms with Crippen LogP contribution in [0.3, 0.4) is 0 Å². The van der Waals surface area contributed by atoms with Crippen molar-refractivity contribution in [2.24, 2.45) is 0 Å². The maximum atomic E-state index is 12.7. The Labute approximate surface area is 160 Å². The molecular formula is C16H14ClF2N3O4S. The number of fused-ring (bicyclic) bond motifs is 1. The summed E-state index contributed by atoms with van der Waals surface area (Å²) in [5.41, 5.74) is 1.04. The molecule has 0 spiro atoms. The van der Waals surface area contributed by atoms with Crippen molar-refractivity contribution in [3.05, 3.63) is 35.1 Å². The van der Waals surface area contributed by atoms with E-state index in [9.17, 15) is 13.0 Å². The van der Waals surface area contributed by atoms with Gasteiger partial charge in [0, 0.05) is 12.3 Å². The van der Waals surface area contributed by atoms with Crippen molar-refractivity contribution < 1.29 is 27.2 Å². The van der Waals surface area contributed by atoms with Crippen LogP contribution in [0.25, 0.3) is 11.0 Å². The molecule has 3 rings (SSSR count). The molecule has 144 valence electrons. The molecular weight excluding hydrogens is 404 g/mol. The first-order valence-electron chi connectivity index (χ1n) is 7.51. The maximum Gasteiger partial charge on any atom is 0.387 e. The van der Waals surface area contributed by atoms with E-state index in [4.69, 9.17) is 21.1 Å². The number of alkyl halides is 2. The molecule has 0 radical (unpaired) electrons. The van der Waals surface area contributed by atoms with Gasteiger partial charge in [0.1, 0.15) is 16.3 Å². The van der Waals surface area contributed by atoms with Crippen molar-refractivity contribution in [3.63, 3.8) is 0 Å². The molecule has 2 aromatic heterocycles. The molecule has 1 atom stereocenters. The highest BCUT2D eigenvalue weighted by Crippen LogP contribution is 2.34.